The fourth-order valence-corrected chi connectivity index (χ4v) is 2.10. The van der Waals surface area contributed by atoms with Gasteiger partial charge in [0.25, 0.3) is 0 Å². The van der Waals surface area contributed by atoms with E-state index in [0.29, 0.717) is 0 Å². The molecule has 0 aromatic carbocycles. The van der Waals surface area contributed by atoms with Crippen molar-refractivity contribution >= 4 is 11.4 Å². The first kappa shape index (κ1) is 13.6. The van der Waals surface area contributed by atoms with Crippen molar-refractivity contribution < 1.29 is 4.55 Å². The molecule has 0 heterocycles. The summed E-state index contributed by atoms with van der Waals surface area (Å²) >= 11 is -1.02. The maximum absolute atomic E-state index is 11.9. The first-order valence-electron chi connectivity index (χ1n) is 5.62. The number of allylic oxidation sites excluding steroid dienone is 4. The number of hydrogen-bond donors (Lipinski definition) is 1. The molecule has 0 bridgehead atoms. The summed E-state index contributed by atoms with van der Waals surface area (Å²) in [5.41, 5.74) is 1.17. The van der Waals surface area contributed by atoms with Crippen LogP contribution < -0.4 is 4.72 Å². The largest absolute Gasteiger partial charge is 0.598 e. The van der Waals surface area contributed by atoms with Crippen molar-refractivity contribution in [1.82, 2.24) is 4.72 Å². The van der Waals surface area contributed by atoms with Crippen LogP contribution in [0.1, 0.15) is 34.1 Å². The van der Waals surface area contributed by atoms with Crippen molar-refractivity contribution in [3.63, 3.8) is 0 Å². The van der Waals surface area contributed by atoms with Gasteiger partial charge < -0.3 is 4.55 Å². The molecule has 2 atom stereocenters. The van der Waals surface area contributed by atoms with Crippen molar-refractivity contribution in [2.24, 2.45) is 0 Å². The predicted octanol–water partition coefficient (Wildman–Crippen LogP) is 2.87. The highest BCUT2D eigenvalue weighted by Crippen LogP contribution is 2.16. The molecule has 0 saturated carbocycles. The van der Waals surface area contributed by atoms with E-state index in [-0.39, 0.29) is 10.8 Å². The molecule has 1 N–H and O–H groups in total. The van der Waals surface area contributed by atoms with Crippen LogP contribution in [0.3, 0.4) is 0 Å². The molecule has 0 fully saturated rings. The second-order valence-electron chi connectivity index (χ2n) is 4.95. The van der Waals surface area contributed by atoms with Gasteiger partial charge in [0.05, 0.1) is 6.04 Å². The zero-order valence-electron chi connectivity index (χ0n) is 10.5. The average Bonchev–Trinajstić information content (AvgIpc) is 2.43. The maximum Gasteiger partial charge on any atom is 0.136 e. The summed E-state index contributed by atoms with van der Waals surface area (Å²) in [7, 11) is 0. The quantitative estimate of drug-likeness (QED) is 0.769. The number of rotatable bonds is 3. The first-order chi connectivity index (χ1) is 7.41. The van der Waals surface area contributed by atoms with Crippen LogP contribution in [0.15, 0.2) is 36.0 Å². The lowest BCUT2D eigenvalue weighted by atomic mass is 10.1. The van der Waals surface area contributed by atoms with Crippen LogP contribution in [0.5, 0.6) is 0 Å². The van der Waals surface area contributed by atoms with Gasteiger partial charge in [-0.05, 0) is 39.7 Å². The Kier molecular flexibility index (Phi) is 4.84. The Hall–Kier alpha value is -0.510. The number of nitrogens with one attached hydrogen (secondary N) is 1. The smallest absolute Gasteiger partial charge is 0.136 e. The topological polar surface area (TPSA) is 35.1 Å². The van der Waals surface area contributed by atoms with E-state index in [4.69, 9.17) is 0 Å². The summed E-state index contributed by atoms with van der Waals surface area (Å²) in [6.45, 7) is 7.96. The fourth-order valence-electron chi connectivity index (χ4n) is 1.29. The zero-order valence-corrected chi connectivity index (χ0v) is 11.3. The van der Waals surface area contributed by atoms with Gasteiger partial charge in [-0.1, -0.05) is 30.4 Å². The van der Waals surface area contributed by atoms with E-state index in [2.05, 4.69) is 29.0 Å². The molecule has 1 rings (SSSR count). The van der Waals surface area contributed by atoms with E-state index in [0.717, 1.165) is 6.42 Å². The monoisotopic (exact) mass is 239 g/mol. The van der Waals surface area contributed by atoms with Crippen LogP contribution in [0.4, 0.5) is 0 Å². The van der Waals surface area contributed by atoms with E-state index in [1.165, 1.54) is 5.57 Å². The Labute approximate surface area is 102 Å². The SMILES string of the molecule is C[C@@H](N[S@@+]([O-])C(C)(C)C)C1=CC=CCC=C1. The Morgan fingerprint density at radius 3 is 2.69 bits per heavy atom. The lowest BCUT2D eigenvalue weighted by Gasteiger charge is -2.26. The molecule has 0 aromatic rings. The molecule has 1 aliphatic rings. The van der Waals surface area contributed by atoms with Crippen molar-refractivity contribution in [3.05, 3.63) is 36.0 Å². The lowest BCUT2D eigenvalue weighted by molar-refractivity contribution is 0.537. The Morgan fingerprint density at radius 1 is 1.38 bits per heavy atom. The molecule has 0 saturated heterocycles. The van der Waals surface area contributed by atoms with Gasteiger partial charge in [0.2, 0.25) is 0 Å². The molecular weight excluding hydrogens is 218 g/mol. The third kappa shape index (κ3) is 4.16. The van der Waals surface area contributed by atoms with Crippen molar-refractivity contribution in [2.75, 3.05) is 0 Å². The minimum Gasteiger partial charge on any atom is -0.598 e. The van der Waals surface area contributed by atoms with Gasteiger partial charge in [-0.15, -0.1) is 4.72 Å². The molecule has 1 aliphatic carbocycles. The van der Waals surface area contributed by atoms with Crippen LogP contribution in [0.2, 0.25) is 0 Å². The molecule has 0 aliphatic heterocycles. The van der Waals surface area contributed by atoms with E-state index in [1.807, 2.05) is 33.8 Å². The molecule has 0 aromatic heterocycles. The summed E-state index contributed by atoms with van der Waals surface area (Å²) in [5.74, 6) is 0. The molecular formula is C13H21NOS. The highest BCUT2D eigenvalue weighted by Gasteiger charge is 2.28. The molecule has 16 heavy (non-hydrogen) atoms. The van der Waals surface area contributed by atoms with E-state index in [1.54, 1.807) is 0 Å². The molecule has 90 valence electrons. The van der Waals surface area contributed by atoms with E-state index < -0.39 is 11.4 Å². The van der Waals surface area contributed by atoms with Gasteiger partial charge in [-0.2, -0.15) is 0 Å². The van der Waals surface area contributed by atoms with Gasteiger partial charge in [0.1, 0.15) is 4.75 Å². The summed E-state index contributed by atoms with van der Waals surface area (Å²) < 4.78 is 14.8. The Balaban J connectivity index is 2.61. The third-order valence-corrected chi connectivity index (χ3v) is 4.03. The van der Waals surface area contributed by atoms with Gasteiger partial charge in [0.15, 0.2) is 0 Å². The van der Waals surface area contributed by atoms with Crippen molar-refractivity contribution in [1.29, 1.82) is 0 Å². The van der Waals surface area contributed by atoms with Crippen LogP contribution in [-0.2, 0) is 11.4 Å². The predicted molar refractivity (Wildman–Crippen MR) is 71.5 cm³/mol. The van der Waals surface area contributed by atoms with Gasteiger partial charge >= 0.3 is 0 Å². The molecule has 0 spiro atoms. The lowest BCUT2D eigenvalue weighted by Crippen LogP contribution is -2.44. The van der Waals surface area contributed by atoms with Crippen LogP contribution >= 0.6 is 0 Å². The standard InChI is InChI=1S/C13H21NOS/c1-11(14-16(15)13(2,3)4)12-9-7-5-6-8-10-12/h5,7-11,14H,6H2,1-4H3/t11-,16+/m1/s1. The van der Waals surface area contributed by atoms with Gasteiger partial charge in [0, 0.05) is 11.4 Å². The second-order valence-corrected chi connectivity index (χ2v) is 6.95. The minimum atomic E-state index is -1.02. The minimum absolute atomic E-state index is 0.110. The fraction of sp³-hybridized carbons (Fsp3) is 0.538. The molecule has 2 nitrogen and oxygen atoms in total. The molecule has 3 heteroatoms. The number of hydrogen-bond acceptors (Lipinski definition) is 2. The Morgan fingerprint density at radius 2 is 2.06 bits per heavy atom. The summed E-state index contributed by atoms with van der Waals surface area (Å²) in [6.07, 6.45) is 11.4. The zero-order chi connectivity index (χ0) is 12.2. The highest BCUT2D eigenvalue weighted by molar-refractivity contribution is 7.90. The van der Waals surface area contributed by atoms with Crippen LogP contribution in [-0.4, -0.2) is 15.3 Å². The summed E-state index contributed by atoms with van der Waals surface area (Å²) in [6, 6.07) is 0.110. The van der Waals surface area contributed by atoms with Crippen molar-refractivity contribution in [3.8, 4) is 0 Å². The first-order valence-corrected chi connectivity index (χ1v) is 6.77. The second kappa shape index (κ2) is 5.71. The average molecular weight is 239 g/mol. The van der Waals surface area contributed by atoms with Gasteiger partial charge in [-0.25, -0.2) is 0 Å². The van der Waals surface area contributed by atoms with Crippen LogP contribution in [0.25, 0.3) is 0 Å². The molecule has 0 unspecified atom stereocenters. The van der Waals surface area contributed by atoms with E-state index >= 15 is 0 Å². The summed E-state index contributed by atoms with van der Waals surface area (Å²) in [4.78, 5) is 0. The van der Waals surface area contributed by atoms with Gasteiger partial charge in [-0.3, -0.25) is 0 Å². The molecule has 0 amide bonds. The maximum atomic E-state index is 11.9. The highest BCUT2D eigenvalue weighted by atomic mass is 32.2. The third-order valence-electron chi connectivity index (χ3n) is 2.35. The summed E-state index contributed by atoms with van der Waals surface area (Å²) in [5, 5.41) is 0. The molecule has 0 radical (unpaired) electrons. The van der Waals surface area contributed by atoms with Crippen molar-refractivity contribution in [2.45, 2.75) is 44.9 Å². The Bertz CT molecular complexity index is 312. The van der Waals surface area contributed by atoms with E-state index in [9.17, 15) is 4.55 Å². The van der Waals surface area contributed by atoms with Crippen LogP contribution in [0, 0.1) is 0 Å². The normalized spacial score (nSPS) is 20.2.